The van der Waals surface area contributed by atoms with E-state index >= 15 is 0 Å². The fraction of sp³-hybridized carbons (Fsp3) is 0.556. The van der Waals surface area contributed by atoms with Gasteiger partial charge in [0.1, 0.15) is 5.75 Å². The number of fused-ring (bicyclic) bond motifs is 1. The van der Waals surface area contributed by atoms with Crippen LogP contribution in [0.1, 0.15) is 26.3 Å². The van der Waals surface area contributed by atoms with Gasteiger partial charge in [-0.25, -0.2) is 8.42 Å². The Kier molecular flexibility index (Phi) is 5.09. The van der Waals surface area contributed by atoms with Crippen LogP contribution in [0.3, 0.4) is 0 Å². The van der Waals surface area contributed by atoms with Crippen molar-refractivity contribution in [2.24, 2.45) is 10.4 Å². The van der Waals surface area contributed by atoms with Crippen LogP contribution in [-0.2, 0) is 21.2 Å². The molecule has 0 unspecified atom stereocenters. The normalized spacial score (nSPS) is 26.2. The predicted octanol–water partition coefficient (Wildman–Crippen LogP) is 2.34. The lowest BCUT2D eigenvalue weighted by atomic mass is 9.96. The zero-order chi connectivity index (χ0) is 19.1. The molecule has 0 aromatic heterocycles. The van der Waals surface area contributed by atoms with Gasteiger partial charge in [-0.2, -0.15) is 4.99 Å². The Morgan fingerprint density at radius 2 is 1.92 bits per heavy atom. The van der Waals surface area contributed by atoms with Gasteiger partial charge in [0.2, 0.25) is 0 Å². The minimum Gasteiger partial charge on any atom is -0.497 e. The number of hydrogen-bond acceptors (Lipinski definition) is 5. The SMILES string of the molecule is COc1ccc(CN2C(=NC(=O)C(C)(C)C)S[C@H]3CS(=O)(=O)C[C@H]32)cc1. The average Bonchev–Trinajstić information content (AvgIpc) is 3.00. The van der Waals surface area contributed by atoms with Crippen LogP contribution in [0.4, 0.5) is 0 Å². The van der Waals surface area contributed by atoms with E-state index in [1.54, 1.807) is 7.11 Å². The van der Waals surface area contributed by atoms with E-state index < -0.39 is 15.3 Å². The number of carbonyl (C=O) groups excluding carboxylic acids is 1. The summed E-state index contributed by atoms with van der Waals surface area (Å²) in [6, 6.07) is 7.50. The van der Waals surface area contributed by atoms with Crippen LogP contribution in [0.15, 0.2) is 29.3 Å². The lowest BCUT2D eigenvalue weighted by molar-refractivity contribution is -0.124. The molecule has 26 heavy (non-hydrogen) atoms. The fourth-order valence-corrected chi connectivity index (χ4v) is 6.95. The van der Waals surface area contributed by atoms with Gasteiger partial charge in [-0.15, -0.1) is 0 Å². The number of nitrogens with zero attached hydrogens (tertiary/aromatic N) is 2. The van der Waals surface area contributed by atoms with Crippen molar-refractivity contribution >= 4 is 32.7 Å². The lowest BCUT2D eigenvalue weighted by Crippen LogP contribution is -2.37. The number of hydrogen-bond donors (Lipinski definition) is 0. The summed E-state index contributed by atoms with van der Waals surface area (Å²) >= 11 is 1.41. The molecular formula is C18H24N2O4S2. The number of amides is 1. The van der Waals surface area contributed by atoms with Gasteiger partial charge in [0.25, 0.3) is 5.91 Å². The van der Waals surface area contributed by atoms with Gasteiger partial charge in [0, 0.05) is 17.2 Å². The quantitative estimate of drug-likeness (QED) is 0.781. The van der Waals surface area contributed by atoms with E-state index in [9.17, 15) is 13.2 Å². The van der Waals surface area contributed by atoms with E-state index in [4.69, 9.17) is 4.74 Å². The van der Waals surface area contributed by atoms with Crippen LogP contribution >= 0.6 is 11.8 Å². The Labute approximate surface area is 158 Å². The minimum absolute atomic E-state index is 0.0650. The Morgan fingerprint density at radius 1 is 1.27 bits per heavy atom. The first-order chi connectivity index (χ1) is 12.1. The van der Waals surface area contributed by atoms with E-state index in [2.05, 4.69) is 4.99 Å². The third-order valence-electron chi connectivity index (χ3n) is 4.53. The zero-order valence-corrected chi connectivity index (χ0v) is 17.1. The maximum Gasteiger partial charge on any atom is 0.253 e. The molecule has 2 saturated heterocycles. The average molecular weight is 397 g/mol. The van der Waals surface area contributed by atoms with Crippen molar-refractivity contribution < 1.29 is 17.9 Å². The van der Waals surface area contributed by atoms with E-state index in [1.165, 1.54) is 11.8 Å². The molecule has 1 aromatic carbocycles. The van der Waals surface area contributed by atoms with Gasteiger partial charge < -0.3 is 9.64 Å². The molecule has 2 atom stereocenters. The number of rotatable bonds is 3. The molecule has 142 valence electrons. The first-order valence-corrected chi connectivity index (χ1v) is 11.2. The van der Waals surface area contributed by atoms with Gasteiger partial charge in [-0.3, -0.25) is 4.79 Å². The fourth-order valence-electron chi connectivity index (χ4n) is 3.00. The largest absolute Gasteiger partial charge is 0.497 e. The summed E-state index contributed by atoms with van der Waals surface area (Å²) in [5.41, 5.74) is 0.454. The van der Waals surface area contributed by atoms with Crippen LogP contribution in [0.2, 0.25) is 0 Å². The molecule has 2 fully saturated rings. The van der Waals surface area contributed by atoms with Crippen molar-refractivity contribution in [3.8, 4) is 5.75 Å². The number of carbonyl (C=O) groups is 1. The number of amidine groups is 1. The first-order valence-electron chi connectivity index (χ1n) is 8.49. The van der Waals surface area contributed by atoms with Crippen molar-refractivity contribution in [3.63, 3.8) is 0 Å². The van der Waals surface area contributed by atoms with Crippen molar-refractivity contribution in [3.05, 3.63) is 29.8 Å². The van der Waals surface area contributed by atoms with Crippen molar-refractivity contribution in [2.45, 2.75) is 38.6 Å². The van der Waals surface area contributed by atoms with Crippen LogP contribution < -0.4 is 4.74 Å². The Morgan fingerprint density at radius 3 is 2.50 bits per heavy atom. The number of methoxy groups -OCH3 is 1. The van der Waals surface area contributed by atoms with Crippen LogP contribution in [0, 0.1) is 5.41 Å². The second-order valence-corrected chi connectivity index (χ2v) is 11.1. The van der Waals surface area contributed by atoms with Crippen molar-refractivity contribution in [2.75, 3.05) is 18.6 Å². The molecule has 3 rings (SSSR count). The van der Waals surface area contributed by atoms with Gasteiger partial charge in [-0.05, 0) is 17.7 Å². The summed E-state index contributed by atoms with van der Waals surface area (Å²) in [4.78, 5) is 18.7. The molecule has 0 radical (unpaired) electrons. The molecule has 0 aliphatic carbocycles. The van der Waals surface area contributed by atoms with Crippen LogP contribution in [0.5, 0.6) is 5.75 Å². The number of benzene rings is 1. The molecule has 2 heterocycles. The van der Waals surface area contributed by atoms with E-state index in [-0.39, 0.29) is 28.7 Å². The number of thioether (sulfide) groups is 1. The maximum absolute atomic E-state index is 12.4. The predicted molar refractivity (Wildman–Crippen MR) is 104 cm³/mol. The van der Waals surface area contributed by atoms with E-state index in [0.717, 1.165) is 11.3 Å². The molecule has 0 spiro atoms. The third-order valence-corrected chi connectivity index (χ3v) is 7.77. The summed E-state index contributed by atoms with van der Waals surface area (Å²) in [6.45, 7) is 6.01. The highest BCUT2D eigenvalue weighted by molar-refractivity contribution is 8.15. The Hall–Kier alpha value is -1.54. The van der Waals surface area contributed by atoms with Gasteiger partial charge in [0.05, 0.1) is 24.7 Å². The summed E-state index contributed by atoms with van der Waals surface area (Å²) in [5, 5.41) is 0.565. The number of sulfone groups is 1. The number of ether oxygens (including phenoxy) is 1. The van der Waals surface area contributed by atoms with Gasteiger partial charge >= 0.3 is 0 Å². The van der Waals surface area contributed by atoms with E-state index in [0.29, 0.717) is 11.7 Å². The van der Waals surface area contributed by atoms with E-state index in [1.807, 2.05) is 49.9 Å². The molecule has 1 amide bonds. The Balaban J connectivity index is 1.89. The van der Waals surface area contributed by atoms with Crippen LogP contribution in [0.25, 0.3) is 0 Å². The highest BCUT2D eigenvalue weighted by atomic mass is 32.2. The molecule has 8 heteroatoms. The third kappa shape index (κ3) is 4.06. The second-order valence-electron chi connectivity index (χ2n) is 7.73. The molecule has 1 aromatic rings. The molecule has 2 aliphatic rings. The summed E-state index contributed by atoms with van der Waals surface area (Å²) < 4.78 is 29.3. The highest BCUT2D eigenvalue weighted by Crippen LogP contribution is 2.39. The summed E-state index contributed by atoms with van der Waals surface area (Å²) in [7, 11) is -1.43. The minimum atomic E-state index is -3.04. The first kappa shape index (κ1) is 19.2. The standard InChI is InChI=1S/C18H24N2O4S2/c1-18(2,3)16(21)19-17-20(9-12-5-7-13(24-4)8-6-12)14-10-26(22,23)11-15(14)25-17/h5-8,14-15H,9-11H2,1-4H3/t14-,15+/m1/s1. The summed E-state index contributed by atoms with van der Waals surface area (Å²) in [6.07, 6.45) is 0. The zero-order valence-electron chi connectivity index (χ0n) is 15.4. The molecule has 0 saturated carbocycles. The molecule has 0 bridgehead atoms. The highest BCUT2D eigenvalue weighted by Gasteiger charge is 2.48. The Bertz CT molecular complexity index is 826. The van der Waals surface area contributed by atoms with Gasteiger partial charge in [-0.1, -0.05) is 44.7 Å². The maximum atomic E-state index is 12.4. The van der Waals surface area contributed by atoms with Crippen molar-refractivity contribution in [1.82, 2.24) is 4.90 Å². The molecule has 6 nitrogen and oxygen atoms in total. The number of aliphatic imine (C=N–C) groups is 1. The van der Waals surface area contributed by atoms with Crippen LogP contribution in [-0.4, -0.2) is 54.3 Å². The van der Waals surface area contributed by atoms with Crippen molar-refractivity contribution in [1.29, 1.82) is 0 Å². The molecule has 2 aliphatic heterocycles. The molecule has 0 N–H and O–H groups in total. The smallest absolute Gasteiger partial charge is 0.253 e. The second kappa shape index (κ2) is 6.88. The lowest BCUT2D eigenvalue weighted by Gasteiger charge is -2.25. The molecular weight excluding hydrogens is 372 g/mol. The monoisotopic (exact) mass is 396 g/mol. The topological polar surface area (TPSA) is 76.0 Å². The summed E-state index contributed by atoms with van der Waals surface area (Å²) in [5.74, 6) is 0.832. The van der Waals surface area contributed by atoms with Gasteiger partial charge in [0.15, 0.2) is 15.0 Å².